The molecule has 3 rings (SSSR count). The summed E-state index contributed by atoms with van der Waals surface area (Å²) in [6.07, 6.45) is 1.74. The maximum Gasteiger partial charge on any atom is 0.213 e. The van der Waals surface area contributed by atoms with E-state index < -0.39 is 5.60 Å². The van der Waals surface area contributed by atoms with Crippen LogP contribution < -0.4 is 4.74 Å². The predicted octanol–water partition coefficient (Wildman–Crippen LogP) is 4.43. The Labute approximate surface area is 169 Å². The van der Waals surface area contributed by atoms with Crippen LogP contribution in [-0.2, 0) is 5.60 Å². The van der Waals surface area contributed by atoms with Crippen molar-refractivity contribution in [2.45, 2.75) is 46.1 Å². The van der Waals surface area contributed by atoms with Crippen molar-refractivity contribution in [2.24, 2.45) is 11.3 Å². The molecule has 2 aromatic rings. The van der Waals surface area contributed by atoms with Crippen LogP contribution in [0.4, 0.5) is 0 Å². The van der Waals surface area contributed by atoms with E-state index in [-0.39, 0.29) is 5.41 Å². The summed E-state index contributed by atoms with van der Waals surface area (Å²) in [7, 11) is 2.09. The van der Waals surface area contributed by atoms with Crippen LogP contribution in [0.5, 0.6) is 5.88 Å². The van der Waals surface area contributed by atoms with Crippen LogP contribution in [0.1, 0.15) is 57.2 Å². The van der Waals surface area contributed by atoms with Crippen LogP contribution >= 0.6 is 0 Å². The van der Waals surface area contributed by atoms with E-state index in [2.05, 4.69) is 75.8 Å². The monoisotopic (exact) mass is 382 g/mol. The van der Waals surface area contributed by atoms with Gasteiger partial charge in [-0.25, -0.2) is 4.98 Å². The standard InChI is InChI=1S/C24H34N2O2/c1-17(2)14-28-22-13-21(11-12-25-22)24(27,23(5)15-26(6)16-23)20-9-7-19(8-10-20)18(3)4/h7-13,17-18,27H,14-16H2,1-6H3/t24-/m0/s1. The summed E-state index contributed by atoms with van der Waals surface area (Å²) >= 11 is 0. The van der Waals surface area contributed by atoms with Crippen molar-refractivity contribution in [3.05, 3.63) is 59.3 Å². The second-order valence-electron chi connectivity index (χ2n) is 9.31. The second-order valence-corrected chi connectivity index (χ2v) is 9.31. The van der Waals surface area contributed by atoms with Crippen LogP contribution in [0.3, 0.4) is 0 Å². The molecule has 28 heavy (non-hydrogen) atoms. The number of nitrogens with zero attached hydrogens (tertiary/aromatic N) is 2. The number of aliphatic hydroxyl groups is 1. The van der Waals surface area contributed by atoms with Gasteiger partial charge in [0.2, 0.25) is 5.88 Å². The number of ether oxygens (including phenoxy) is 1. The molecule has 4 nitrogen and oxygen atoms in total. The number of likely N-dealkylation sites (tertiary alicyclic amines) is 1. The molecule has 1 aliphatic rings. The Hall–Kier alpha value is -1.91. The Balaban J connectivity index is 2.04. The van der Waals surface area contributed by atoms with Gasteiger partial charge >= 0.3 is 0 Å². The minimum Gasteiger partial charge on any atom is -0.477 e. The van der Waals surface area contributed by atoms with Gasteiger partial charge in [-0.3, -0.25) is 0 Å². The molecular weight excluding hydrogens is 348 g/mol. The smallest absolute Gasteiger partial charge is 0.213 e. The molecule has 0 bridgehead atoms. The molecular formula is C24H34N2O2. The largest absolute Gasteiger partial charge is 0.477 e. The van der Waals surface area contributed by atoms with E-state index in [1.54, 1.807) is 6.20 Å². The average Bonchev–Trinajstić information content (AvgIpc) is 2.64. The molecule has 1 aromatic carbocycles. The summed E-state index contributed by atoms with van der Waals surface area (Å²) in [5.74, 6) is 1.45. The van der Waals surface area contributed by atoms with Crippen LogP contribution in [0.15, 0.2) is 42.6 Å². The minimum atomic E-state index is -1.10. The van der Waals surface area contributed by atoms with E-state index >= 15 is 0 Å². The molecule has 0 radical (unpaired) electrons. The van der Waals surface area contributed by atoms with E-state index in [0.29, 0.717) is 24.3 Å². The number of hydrogen-bond donors (Lipinski definition) is 1. The normalized spacial score (nSPS) is 18.8. The molecule has 2 heterocycles. The summed E-state index contributed by atoms with van der Waals surface area (Å²) in [6.45, 7) is 13.0. The van der Waals surface area contributed by atoms with Gasteiger partial charge in [0.25, 0.3) is 0 Å². The van der Waals surface area contributed by atoms with E-state index in [1.165, 1.54) is 5.56 Å². The van der Waals surface area contributed by atoms with Crippen LogP contribution in [-0.4, -0.2) is 41.7 Å². The van der Waals surface area contributed by atoms with Gasteiger partial charge in [0, 0.05) is 30.8 Å². The zero-order valence-electron chi connectivity index (χ0n) is 18.1. The Morgan fingerprint density at radius 2 is 1.75 bits per heavy atom. The van der Waals surface area contributed by atoms with Crippen molar-refractivity contribution in [3.8, 4) is 5.88 Å². The van der Waals surface area contributed by atoms with E-state index in [0.717, 1.165) is 24.2 Å². The molecule has 0 spiro atoms. The van der Waals surface area contributed by atoms with Gasteiger partial charge in [0.15, 0.2) is 0 Å². The van der Waals surface area contributed by atoms with Crippen LogP contribution in [0.2, 0.25) is 0 Å². The Morgan fingerprint density at radius 1 is 1.11 bits per heavy atom. The number of pyridine rings is 1. The Morgan fingerprint density at radius 3 is 2.29 bits per heavy atom. The van der Waals surface area contributed by atoms with Crippen LogP contribution in [0, 0.1) is 11.3 Å². The number of rotatable bonds is 7. The first-order valence-electron chi connectivity index (χ1n) is 10.3. The zero-order chi connectivity index (χ0) is 20.5. The zero-order valence-corrected chi connectivity index (χ0v) is 18.1. The second kappa shape index (κ2) is 7.84. The third kappa shape index (κ3) is 3.81. The molecule has 0 unspecified atom stereocenters. The minimum absolute atomic E-state index is 0.280. The molecule has 0 amide bonds. The van der Waals surface area contributed by atoms with Gasteiger partial charge in [-0.1, -0.05) is 58.9 Å². The molecule has 1 aliphatic heterocycles. The first-order valence-corrected chi connectivity index (χ1v) is 10.3. The van der Waals surface area contributed by atoms with Crippen molar-refractivity contribution in [2.75, 3.05) is 26.7 Å². The fourth-order valence-electron chi connectivity index (χ4n) is 4.31. The highest BCUT2D eigenvalue weighted by molar-refractivity contribution is 5.42. The van der Waals surface area contributed by atoms with Crippen molar-refractivity contribution in [3.63, 3.8) is 0 Å². The molecule has 1 N–H and O–H groups in total. The fourth-order valence-corrected chi connectivity index (χ4v) is 4.31. The van der Waals surface area contributed by atoms with Gasteiger partial charge in [0.1, 0.15) is 5.60 Å². The third-order valence-corrected chi connectivity index (χ3v) is 5.82. The summed E-state index contributed by atoms with van der Waals surface area (Å²) in [4.78, 5) is 6.59. The highest BCUT2D eigenvalue weighted by Gasteiger charge is 2.55. The lowest BCUT2D eigenvalue weighted by molar-refractivity contribution is -0.127. The lowest BCUT2D eigenvalue weighted by atomic mass is 9.62. The van der Waals surface area contributed by atoms with Gasteiger partial charge < -0.3 is 14.7 Å². The maximum atomic E-state index is 12.2. The molecule has 0 saturated carbocycles. The van der Waals surface area contributed by atoms with Crippen LogP contribution in [0.25, 0.3) is 0 Å². The Bertz CT molecular complexity index is 795. The first-order chi connectivity index (χ1) is 13.2. The molecule has 152 valence electrons. The van der Waals surface area contributed by atoms with Gasteiger partial charge in [-0.15, -0.1) is 0 Å². The highest BCUT2D eigenvalue weighted by Crippen LogP contribution is 2.50. The molecule has 4 heteroatoms. The van der Waals surface area contributed by atoms with Crippen molar-refractivity contribution in [1.29, 1.82) is 0 Å². The predicted molar refractivity (Wildman–Crippen MR) is 114 cm³/mol. The van der Waals surface area contributed by atoms with Crippen molar-refractivity contribution < 1.29 is 9.84 Å². The van der Waals surface area contributed by atoms with Gasteiger partial charge in [0.05, 0.1) is 6.61 Å². The third-order valence-electron chi connectivity index (χ3n) is 5.82. The topological polar surface area (TPSA) is 45.6 Å². The lowest BCUT2D eigenvalue weighted by Crippen LogP contribution is -2.63. The number of hydrogen-bond acceptors (Lipinski definition) is 4. The van der Waals surface area contributed by atoms with Gasteiger partial charge in [-0.05, 0) is 41.6 Å². The van der Waals surface area contributed by atoms with Gasteiger partial charge in [-0.2, -0.15) is 0 Å². The molecule has 1 aromatic heterocycles. The summed E-state index contributed by atoms with van der Waals surface area (Å²) in [6, 6.07) is 12.2. The highest BCUT2D eigenvalue weighted by atomic mass is 16.5. The van der Waals surface area contributed by atoms with Crippen molar-refractivity contribution in [1.82, 2.24) is 9.88 Å². The molecule has 1 atom stereocenters. The van der Waals surface area contributed by atoms with Crippen molar-refractivity contribution >= 4 is 0 Å². The summed E-state index contributed by atoms with van der Waals surface area (Å²) in [5, 5.41) is 12.2. The Kier molecular flexibility index (Phi) is 5.83. The molecule has 1 saturated heterocycles. The first kappa shape index (κ1) is 20.8. The number of aromatic nitrogens is 1. The summed E-state index contributed by atoms with van der Waals surface area (Å²) in [5.41, 5.74) is 1.66. The van der Waals surface area contributed by atoms with E-state index in [9.17, 15) is 5.11 Å². The number of benzene rings is 1. The summed E-state index contributed by atoms with van der Waals surface area (Å²) < 4.78 is 5.84. The lowest BCUT2D eigenvalue weighted by Gasteiger charge is -2.56. The maximum absolute atomic E-state index is 12.2. The average molecular weight is 383 g/mol. The molecule has 1 fully saturated rings. The SMILES string of the molecule is CC(C)COc1cc([C@@](O)(c2ccc(C(C)C)cc2)C2(C)CN(C)C2)ccn1. The quantitative estimate of drug-likeness (QED) is 0.770. The van der Waals surface area contributed by atoms with E-state index in [4.69, 9.17) is 4.74 Å². The fraction of sp³-hybridized carbons (Fsp3) is 0.542. The molecule has 0 aliphatic carbocycles. The van der Waals surface area contributed by atoms with E-state index in [1.807, 2.05) is 12.1 Å².